The van der Waals surface area contributed by atoms with Crippen molar-refractivity contribution in [2.45, 2.75) is 33.0 Å². The summed E-state index contributed by atoms with van der Waals surface area (Å²) in [5.74, 6) is 1.07. The van der Waals surface area contributed by atoms with E-state index in [9.17, 15) is 0 Å². The molecular weight excluding hydrogens is 248 g/mol. The van der Waals surface area contributed by atoms with Crippen molar-refractivity contribution in [2.24, 2.45) is 0 Å². The molecule has 2 heterocycles. The molecule has 3 nitrogen and oxygen atoms in total. The van der Waals surface area contributed by atoms with Crippen LogP contribution in [0.5, 0.6) is 0 Å². The van der Waals surface area contributed by atoms with E-state index in [0.29, 0.717) is 0 Å². The molecule has 106 valence electrons. The summed E-state index contributed by atoms with van der Waals surface area (Å²) in [7, 11) is 0. The van der Waals surface area contributed by atoms with Crippen molar-refractivity contribution in [1.29, 1.82) is 0 Å². The number of hydrogen-bond donors (Lipinski definition) is 1. The Morgan fingerprint density at radius 3 is 2.95 bits per heavy atom. The van der Waals surface area contributed by atoms with E-state index in [2.05, 4.69) is 47.5 Å². The summed E-state index contributed by atoms with van der Waals surface area (Å²) >= 11 is 0. The van der Waals surface area contributed by atoms with Crippen molar-refractivity contribution in [3.8, 4) is 0 Å². The van der Waals surface area contributed by atoms with Crippen LogP contribution >= 0.6 is 0 Å². The molecule has 0 saturated carbocycles. The van der Waals surface area contributed by atoms with Crippen molar-refractivity contribution in [2.75, 3.05) is 13.1 Å². The highest BCUT2D eigenvalue weighted by atomic mass is 16.3. The average molecular weight is 270 g/mol. The Morgan fingerprint density at radius 1 is 1.25 bits per heavy atom. The zero-order valence-electron chi connectivity index (χ0n) is 12.1. The zero-order valence-corrected chi connectivity index (χ0v) is 12.1. The van der Waals surface area contributed by atoms with E-state index in [-0.39, 0.29) is 0 Å². The molecule has 0 aliphatic carbocycles. The molecule has 20 heavy (non-hydrogen) atoms. The van der Waals surface area contributed by atoms with Crippen molar-refractivity contribution >= 4 is 0 Å². The van der Waals surface area contributed by atoms with Crippen LogP contribution in [-0.4, -0.2) is 18.0 Å². The minimum atomic E-state index is 0.892. The van der Waals surface area contributed by atoms with Gasteiger partial charge in [0, 0.05) is 25.2 Å². The number of nitrogens with zero attached hydrogens (tertiary/aromatic N) is 1. The SMILES string of the molecule is CCNCc1coc(CN2CCc3ccccc3C2)c1. The van der Waals surface area contributed by atoms with Crippen molar-refractivity contribution in [3.05, 3.63) is 59.0 Å². The molecule has 2 aromatic rings. The second kappa shape index (κ2) is 6.25. The van der Waals surface area contributed by atoms with Gasteiger partial charge in [-0.05, 0) is 30.2 Å². The molecular formula is C17H22N2O. The van der Waals surface area contributed by atoms with Crippen LogP contribution in [0.15, 0.2) is 41.0 Å². The molecule has 1 aliphatic rings. The molecule has 3 rings (SSSR count). The first kappa shape index (κ1) is 13.4. The number of furan rings is 1. The number of fused-ring (bicyclic) bond motifs is 1. The van der Waals surface area contributed by atoms with Gasteiger partial charge in [-0.3, -0.25) is 4.90 Å². The van der Waals surface area contributed by atoms with Gasteiger partial charge in [0.1, 0.15) is 5.76 Å². The minimum Gasteiger partial charge on any atom is -0.468 e. The van der Waals surface area contributed by atoms with Gasteiger partial charge in [-0.1, -0.05) is 31.2 Å². The van der Waals surface area contributed by atoms with Gasteiger partial charge in [-0.15, -0.1) is 0 Å². The number of hydrogen-bond acceptors (Lipinski definition) is 3. The number of nitrogens with one attached hydrogen (secondary N) is 1. The lowest BCUT2D eigenvalue weighted by Gasteiger charge is -2.27. The lowest BCUT2D eigenvalue weighted by Crippen LogP contribution is -2.29. The lowest BCUT2D eigenvalue weighted by molar-refractivity contribution is 0.226. The summed E-state index contributed by atoms with van der Waals surface area (Å²) in [4.78, 5) is 2.46. The molecule has 0 radical (unpaired) electrons. The average Bonchev–Trinajstić information content (AvgIpc) is 2.92. The zero-order chi connectivity index (χ0) is 13.8. The van der Waals surface area contributed by atoms with Gasteiger partial charge < -0.3 is 9.73 Å². The van der Waals surface area contributed by atoms with Gasteiger partial charge in [0.2, 0.25) is 0 Å². The van der Waals surface area contributed by atoms with Gasteiger partial charge in [0.25, 0.3) is 0 Å². The Morgan fingerprint density at radius 2 is 2.10 bits per heavy atom. The third kappa shape index (κ3) is 3.11. The third-order valence-corrected chi connectivity index (χ3v) is 3.88. The highest BCUT2D eigenvalue weighted by Gasteiger charge is 2.16. The van der Waals surface area contributed by atoms with Crippen molar-refractivity contribution in [3.63, 3.8) is 0 Å². The molecule has 1 N–H and O–H groups in total. The second-order valence-electron chi connectivity index (χ2n) is 5.43. The Kier molecular flexibility index (Phi) is 4.19. The summed E-state index contributed by atoms with van der Waals surface area (Å²) in [6.45, 7) is 7.04. The highest BCUT2D eigenvalue weighted by molar-refractivity contribution is 5.29. The predicted molar refractivity (Wildman–Crippen MR) is 80.3 cm³/mol. The Balaban J connectivity index is 1.60. The minimum absolute atomic E-state index is 0.892. The quantitative estimate of drug-likeness (QED) is 0.905. The normalized spacial score (nSPS) is 15.2. The van der Waals surface area contributed by atoms with E-state index >= 15 is 0 Å². The van der Waals surface area contributed by atoms with Crippen LogP contribution in [0.2, 0.25) is 0 Å². The summed E-state index contributed by atoms with van der Waals surface area (Å²) in [5.41, 5.74) is 4.19. The molecule has 0 spiro atoms. The van der Waals surface area contributed by atoms with Crippen LogP contribution in [0.1, 0.15) is 29.4 Å². The standard InChI is InChI=1S/C17H22N2O/c1-2-18-10-14-9-17(20-13-14)12-19-8-7-15-5-3-4-6-16(15)11-19/h3-6,9,13,18H,2,7-8,10-12H2,1H3. The first-order valence-corrected chi connectivity index (χ1v) is 7.41. The van der Waals surface area contributed by atoms with Gasteiger partial charge in [0.05, 0.1) is 12.8 Å². The molecule has 0 atom stereocenters. The topological polar surface area (TPSA) is 28.4 Å². The predicted octanol–water partition coefficient (Wildman–Crippen LogP) is 2.95. The molecule has 3 heteroatoms. The molecule has 0 fully saturated rings. The van der Waals surface area contributed by atoms with E-state index in [1.807, 2.05) is 6.26 Å². The fraction of sp³-hybridized carbons (Fsp3) is 0.412. The van der Waals surface area contributed by atoms with Crippen LogP contribution in [0, 0.1) is 0 Å². The van der Waals surface area contributed by atoms with E-state index in [4.69, 9.17) is 4.42 Å². The maximum atomic E-state index is 5.67. The second-order valence-corrected chi connectivity index (χ2v) is 5.43. The Hall–Kier alpha value is -1.58. The van der Waals surface area contributed by atoms with Crippen molar-refractivity contribution < 1.29 is 4.42 Å². The fourth-order valence-electron chi connectivity index (χ4n) is 2.78. The number of rotatable bonds is 5. The van der Waals surface area contributed by atoms with Gasteiger partial charge in [-0.2, -0.15) is 0 Å². The Bertz CT molecular complexity index is 562. The molecule has 0 bridgehead atoms. The monoisotopic (exact) mass is 270 g/mol. The summed E-state index contributed by atoms with van der Waals surface area (Å²) in [6, 6.07) is 10.9. The fourth-order valence-corrected chi connectivity index (χ4v) is 2.78. The molecule has 0 saturated heterocycles. The lowest BCUT2D eigenvalue weighted by atomic mass is 10.00. The van der Waals surface area contributed by atoms with Gasteiger partial charge in [0.15, 0.2) is 0 Å². The van der Waals surface area contributed by atoms with Gasteiger partial charge >= 0.3 is 0 Å². The van der Waals surface area contributed by atoms with Crippen LogP contribution in [-0.2, 0) is 26.1 Å². The van der Waals surface area contributed by atoms with Crippen LogP contribution in [0.4, 0.5) is 0 Å². The largest absolute Gasteiger partial charge is 0.468 e. The molecule has 1 aromatic heterocycles. The smallest absolute Gasteiger partial charge is 0.118 e. The molecule has 1 aliphatic heterocycles. The van der Waals surface area contributed by atoms with Gasteiger partial charge in [-0.25, -0.2) is 0 Å². The molecule has 0 unspecified atom stereocenters. The molecule has 0 amide bonds. The first-order chi connectivity index (χ1) is 9.85. The van der Waals surface area contributed by atoms with E-state index in [0.717, 1.165) is 44.9 Å². The summed E-state index contributed by atoms with van der Waals surface area (Å²) in [5, 5.41) is 3.32. The highest BCUT2D eigenvalue weighted by Crippen LogP contribution is 2.20. The van der Waals surface area contributed by atoms with E-state index in [1.165, 1.54) is 16.7 Å². The maximum Gasteiger partial charge on any atom is 0.118 e. The van der Waals surface area contributed by atoms with E-state index in [1.54, 1.807) is 0 Å². The van der Waals surface area contributed by atoms with Crippen molar-refractivity contribution in [1.82, 2.24) is 10.2 Å². The van der Waals surface area contributed by atoms with Crippen LogP contribution in [0.25, 0.3) is 0 Å². The third-order valence-electron chi connectivity index (χ3n) is 3.88. The van der Waals surface area contributed by atoms with E-state index < -0.39 is 0 Å². The summed E-state index contributed by atoms with van der Waals surface area (Å²) in [6.07, 6.45) is 3.01. The first-order valence-electron chi connectivity index (χ1n) is 7.41. The van der Waals surface area contributed by atoms with Crippen LogP contribution < -0.4 is 5.32 Å². The molecule has 1 aromatic carbocycles. The Labute approximate surface area is 120 Å². The van der Waals surface area contributed by atoms with Crippen LogP contribution in [0.3, 0.4) is 0 Å². The summed E-state index contributed by atoms with van der Waals surface area (Å²) < 4.78 is 5.67. The number of benzene rings is 1. The maximum absolute atomic E-state index is 5.67.